The van der Waals surface area contributed by atoms with Gasteiger partial charge in [0.2, 0.25) is 0 Å². The van der Waals surface area contributed by atoms with Crippen molar-refractivity contribution in [3.8, 4) is 6.07 Å². The molecule has 0 bridgehead atoms. The fourth-order valence-electron chi connectivity index (χ4n) is 2.51. The van der Waals surface area contributed by atoms with E-state index >= 15 is 0 Å². The van der Waals surface area contributed by atoms with Crippen molar-refractivity contribution in [1.82, 2.24) is 9.80 Å². The molecule has 0 radical (unpaired) electrons. The zero-order chi connectivity index (χ0) is 20.0. The number of halogens is 1. The third kappa shape index (κ3) is 5.14. The minimum Gasteiger partial charge on any atom is -0.456 e. The van der Waals surface area contributed by atoms with Gasteiger partial charge in [-0.25, -0.2) is 0 Å². The summed E-state index contributed by atoms with van der Waals surface area (Å²) >= 11 is 3.27. The van der Waals surface area contributed by atoms with Crippen molar-refractivity contribution in [2.75, 3.05) is 26.7 Å². The van der Waals surface area contributed by atoms with Gasteiger partial charge in [-0.1, -0.05) is 15.9 Å². The van der Waals surface area contributed by atoms with E-state index < -0.39 is 18.5 Å². The maximum Gasteiger partial charge on any atom is 0.306 e. The first kappa shape index (κ1) is 20.6. The summed E-state index contributed by atoms with van der Waals surface area (Å²) < 4.78 is 5.60. The first-order chi connectivity index (χ1) is 12.8. The highest BCUT2D eigenvalue weighted by atomic mass is 79.9. The van der Waals surface area contributed by atoms with Crippen LogP contribution in [0.1, 0.15) is 40.0 Å². The van der Waals surface area contributed by atoms with Crippen molar-refractivity contribution in [3.05, 3.63) is 33.8 Å². The molecular formula is C18H18BrN3O5. The Hall–Kier alpha value is -2.73. The van der Waals surface area contributed by atoms with Crippen molar-refractivity contribution >= 4 is 39.6 Å². The maximum atomic E-state index is 12.3. The number of hydrogen-bond donors (Lipinski definition) is 0. The fourth-order valence-corrected chi connectivity index (χ4v) is 2.88. The minimum absolute atomic E-state index is 0.0215. The van der Waals surface area contributed by atoms with Crippen LogP contribution in [0.5, 0.6) is 0 Å². The summed E-state index contributed by atoms with van der Waals surface area (Å²) in [4.78, 5) is 50.5. The van der Waals surface area contributed by atoms with Crippen LogP contribution in [-0.4, -0.2) is 60.2 Å². The number of esters is 1. The van der Waals surface area contributed by atoms with Crippen LogP contribution in [0.15, 0.2) is 22.7 Å². The van der Waals surface area contributed by atoms with E-state index in [0.717, 1.165) is 4.90 Å². The zero-order valence-corrected chi connectivity index (χ0v) is 16.3. The van der Waals surface area contributed by atoms with E-state index in [2.05, 4.69) is 15.9 Å². The Labute approximate surface area is 164 Å². The Kier molecular flexibility index (Phi) is 7.07. The summed E-state index contributed by atoms with van der Waals surface area (Å²) in [6, 6.07) is 6.80. The molecular weight excluding hydrogens is 418 g/mol. The maximum absolute atomic E-state index is 12.3. The Morgan fingerprint density at radius 1 is 1.26 bits per heavy atom. The Morgan fingerprint density at radius 3 is 2.67 bits per heavy atom. The van der Waals surface area contributed by atoms with Crippen molar-refractivity contribution < 1.29 is 23.9 Å². The molecule has 0 aliphatic carbocycles. The van der Waals surface area contributed by atoms with Crippen LogP contribution >= 0.6 is 15.9 Å². The number of carbonyl (C=O) groups is 4. The third-order valence-electron chi connectivity index (χ3n) is 4.04. The molecule has 0 aromatic heterocycles. The molecule has 1 aromatic carbocycles. The normalized spacial score (nSPS) is 12.6. The molecule has 27 heavy (non-hydrogen) atoms. The van der Waals surface area contributed by atoms with Crippen LogP contribution in [-0.2, 0) is 14.3 Å². The summed E-state index contributed by atoms with van der Waals surface area (Å²) in [7, 11) is 1.52. The minimum atomic E-state index is -0.587. The Morgan fingerprint density at radius 2 is 1.96 bits per heavy atom. The molecule has 0 saturated heterocycles. The van der Waals surface area contributed by atoms with Crippen molar-refractivity contribution in [1.29, 1.82) is 5.26 Å². The lowest BCUT2D eigenvalue weighted by Gasteiger charge is -2.15. The van der Waals surface area contributed by atoms with Gasteiger partial charge in [0.1, 0.15) is 0 Å². The first-order valence-corrected chi connectivity index (χ1v) is 9.06. The van der Waals surface area contributed by atoms with E-state index in [0.29, 0.717) is 15.6 Å². The number of rotatable bonds is 8. The highest BCUT2D eigenvalue weighted by Gasteiger charge is 2.35. The number of fused-ring (bicyclic) bond motifs is 1. The van der Waals surface area contributed by atoms with Crippen molar-refractivity contribution in [3.63, 3.8) is 0 Å². The molecule has 2 rings (SSSR count). The average Bonchev–Trinajstić information content (AvgIpc) is 2.88. The standard InChI is InChI=1S/C18H18BrN3O5/c1-21(8-3-7-20)15(23)11-27-16(24)4-2-9-22-17(25)13-6-5-12(19)10-14(13)18(22)26/h5-6,10H,2-4,8-9,11H2,1H3. The molecule has 0 unspecified atom stereocenters. The van der Waals surface area contributed by atoms with Crippen LogP contribution in [0.25, 0.3) is 0 Å². The number of nitrogens with zero attached hydrogens (tertiary/aromatic N) is 3. The molecule has 3 amide bonds. The molecule has 0 fully saturated rings. The predicted molar refractivity (Wildman–Crippen MR) is 97.6 cm³/mol. The van der Waals surface area contributed by atoms with Gasteiger partial charge in [0.15, 0.2) is 6.61 Å². The molecule has 1 aliphatic rings. The first-order valence-electron chi connectivity index (χ1n) is 8.27. The summed E-state index contributed by atoms with van der Waals surface area (Å²) in [5, 5.41) is 8.48. The van der Waals surface area contributed by atoms with E-state index in [-0.39, 0.29) is 44.2 Å². The van der Waals surface area contributed by atoms with Crippen LogP contribution in [0.3, 0.4) is 0 Å². The lowest BCUT2D eigenvalue weighted by atomic mass is 10.1. The molecule has 8 nitrogen and oxygen atoms in total. The highest BCUT2D eigenvalue weighted by molar-refractivity contribution is 9.10. The van der Waals surface area contributed by atoms with Crippen LogP contribution in [0, 0.1) is 11.3 Å². The SMILES string of the molecule is CN(CCC#N)C(=O)COC(=O)CCCN1C(=O)c2ccc(Br)cc2C1=O. The summed E-state index contributed by atoms with van der Waals surface area (Å²) in [6.07, 6.45) is 0.420. The van der Waals surface area contributed by atoms with Crippen molar-refractivity contribution in [2.45, 2.75) is 19.3 Å². The molecule has 1 aliphatic heterocycles. The second kappa shape index (κ2) is 9.28. The lowest BCUT2D eigenvalue weighted by molar-refractivity contribution is -0.151. The Balaban J connectivity index is 1.76. The van der Waals surface area contributed by atoms with Crippen molar-refractivity contribution in [2.24, 2.45) is 0 Å². The zero-order valence-electron chi connectivity index (χ0n) is 14.7. The smallest absolute Gasteiger partial charge is 0.306 e. The van der Waals surface area contributed by atoms with E-state index in [1.165, 1.54) is 11.9 Å². The second-order valence-corrected chi connectivity index (χ2v) is 6.86. The van der Waals surface area contributed by atoms with Crippen LogP contribution < -0.4 is 0 Å². The van der Waals surface area contributed by atoms with E-state index in [1.807, 2.05) is 6.07 Å². The van der Waals surface area contributed by atoms with Gasteiger partial charge >= 0.3 is 5.97 Å². The van der Waals surface area contributed by atoms with Gasteiger partial charge in [-0.3, -0.25) is 24.1 Å². The van der Waals surface area contributed by atoms with E-state index in [9.17, 15) is 19.2 Å². The largest absolute Gasteiger partial charge is 0.456 e. The average molecular weight is 436 g/mol. The third-order valence-corrected chi connectivity index (χ3v) is 4.53. The molecule has 142 valence electrons. The van der Waals surface area contributed by atoms with Crippen LogP contribution in [0.4, 0.5) is 0 Å². The number of likely N-dealkylation sites (N-methyl/N-ethyl adjacent to an activating group) is 1. The molecule has 1 aromatic rings. The number of imide groups is 1. The summed E-state index contributed by atoms with van der Waals surface area (Å²) in [5.41, 5.74) is 0.680. The highest BCUT2D eigenvalue weighted by Crippen LogP contribution is 2.26. The van der Waals surface area contributed by atoms with E-state index in [1.54, 1.807) is 18.2 Å². The van der Waals surface area contributed by atoms with Gasteiger partial charge in [0.05, 0.1) is 23.6 Å². The lowest BCUT2D eigenvalue weighted by Crippen LogP contribution is -2.32. The van der Waals surface area contributed by atoms with Gasteiger partial charge in [-0.15, -0.1) is 0 Å². The molecule has 1 heterocycles. The quantitative estimate of drug-likeness (QED) is 0.454. The monoisotopic (exact) mass is 435 g/mol. The number of amides is 3. The predicted octanol–water partition coefficient (Wildman–Crippen LogP) is 1.74. The number of benzene rings is 1. The number of nitriles is 1. The topological polar surface area (TPSA) is 108 Å². The Bertz CT molecular complexity index is 818. The van der Waals surface area contributed by atoms with Gasteiger partial charge in [-0.05, 0) is 24.6 Å². The van der Waals surface area contributed by atoms with Gasteiger partial charge in [-0.2, -0.15) is 5.26 Å². The van der Waals surface area contributed by atoms with Gasteiger partial charge in [0.25, 0.3) is 17.7 Å². The van der Waals surface area contributed by atoms with E-state index in [4.69, 9.17) is 10.00 Å². The number of hydrogen-bond acceptors (Lipinski definition) is 6. The van der Waals surface area contributed by atoms with Gasteiger partial charge < -0.3 is 9.64 Å². The van der Waals surface area contributed by atoms with Gasteiger partial charge in [0, 0.05) is 31.0 Å². The summed E-state index contributed by atoms with van der Waals surface area (Å²) in [6.45, 7) is -0.0420. The molecule has 9 heteroatoms. The molecule has 0 atom stereocenters. The number of carbonyl (C=O) groups excluding carboxylic acids is 4. The summed E-state index contributed by atoms with van der Waals surface area (Å²) in [5.74, 6) is -1.76. The number of ether oxygens (including phenoxy) is 1. The second-order valence-electron chi connectivity index (χ2n) is 5.94. The molecule has 0 spiro atoms. The van der Waals surface area contributed by atoms with Crippen LogP contribution in [0.2, 0.25) is 0 Å². The molecule has 0 saturated carbocycles. The molecule has 0 N–H and O–H groups in total. The fraction of sp³-hybridized carbons (Fsp3) is 0.389.